The fourth-order valence-corrected chi connectivity index (χ4v) is 1.53. The van der Waals surface area contributed by atoms with E-state index >= 15 is 0 Å². The molecule has 112 valence electrons. The van der Waals surface area contributed by atoms with Crippen molar-refractivity contribution in [3.63, 3.8) is 0 Å². The molecule has 2 amide bonds. The van der Waals surface area contributed by atoms with Gasteiger partial charge in [0.1, 0.15) is 0 Å². The number of halogens is 3. The lowest BCUT2D eigenvalue weighted by Gasteiger charge is -2.19. The number of benzene rings is 1. The largest absolute Gasteiger partial charge is 0.416 e. The van der Waals surface area contributed by atoms with Crippen LogP contribution in [0.4, 0.5) is 23.7 Å². The molecule has 1 aromatic carbocycles. The van der Waals surface area contributed by atoms with Gasteiger partial charge in [-0.25, -0.2) is 4.79 Å². The van der Waals surface area contributed by atoms with Gasteiger partial charge in [-0.2, -0.15) is 13.2 Å². The van der Waals surface area contributed by atoms with E-state index in [-0.39, 0.29) is 16.7 Å². The van der Waals surface area contributed by atoms with Crippen molar-refractivity contribution in [2.45, 2.75) is 33.9 Å². The van der Waals surface area contributed by atoms with Crippen molar-refractivity contribution >= 4 is 11.7 Å². The number of hydrogen-bond acceptors (Lipinski definition) is 1. The molecular formula is C14H19F3N2O. The maximum Gasteiger partial charge on any atom is 0.416 e. The summed E-state index contributed by atoms with van der Waals surface area (Å²) in [7, 11) is 0. The molecule has 0 aliphatic carbocycles. The van der Waals surface area contributed by atoms with E-state index < -0.39 is 17.8 Å². The molecule has 0 saturated heterocycles. The molecule has 0 heterocycles. The van der Waals surface area contributed by atoms with Crippen LogP contribution in [0.25, 0.3) is 0 Å². The third kappa shape index (κ3) is 5.11. The summed E-state index contributed by atoms with van der Waals surface area (Å²) >= 11 is 0. The summed E-state index contributed by atoms with van der Waals surface area (Å²) in [4.78, 5) is 11.6. The summed E-state index contributed by atoms with van der Waals surface area (Å²) in [5.41, 5.74) is -0.597. The highest BCUT2D eigenvalue weighted by molar-refractivity contribution is 5.89. The maximum absolute atomic E-state index is 12.7. The van der Waals surface area contributed by atoms with Gasteiger partial charge in [0.05, 0.1) is 5.56 Å². The first kappa shape index (κ1) is 16.3. The minimum absolute atomic E-state index is 0.0955. The zero-order valence-electron chi connectivity index (χ0n) is 12.0. The van der Waals surface area contributed by atoms with Crippen LogP contribution in [0.2, 0.25) is 0 Å². The lowest BCUT2D eigenvalue weighted by molar-refractivity contribution is -0.138. The van der Waals surface area contributed by atoms with Crippen molar-refractivity contribution in [3.8, 4) is 0 Å². The zero-order chi connectivity index (χ0) is 15.6. The van der Waals surface area contributed by atoms with Gasteiger partial charge < -0.3 is 10.6 Å². The Morgan fingerprint density at radius 3 is 2.30 bits per heavy atom. The predicted molar refractivity (Wildman–Crippen MR) is 72.7 cm³/mol. The van der Waals surface area contributed by atoms with Crippen LogP contribution in [0.3, 0.4) is 0 Å². The van der Waals surface area contributed by atoms with E-state index in [1.54, 1.807) is 0 Å². The fraction of sp³-hybridized carbons (Fsp3) is 0.500. The van der Waals surface area contributed by atoms with Crippen LogP contribution in [0.5, 0.6) is 0 Å². The second-order valence-corrected chi connectivity index (χ2v) is 5.90. The average molecular weight is 288 g/mol. The number of urea groups is 1. The minimum Gasteiger partial charge on any atom is -0.337 e. The third-order valence-electron chi connectivity index (χ3n) is 2.58. The Kier molecular flexibility index (Phi) is 4.68. The number of amides is 2. The van der Waals surface area contributed by atoms with Gasteiger partial charge >= 0.3 is 12.2 Å². The highest BCUT2D eigenvalue weighted by Gasteiger charge is 2.32. The Morgan fingerprint density at radius 1 is 1.20 bits per heavy atom. The lowest BCUT2D eigenvalue weighted by atomic mass is 9.97. The Hall–Kier alpha value is -1.72. The number of alkyl halides is 3. The molecule has 0 radical (unpaired) electrons. The van der Waals surface area contributed by atoms with Gasteiger partial charge in [-0.05, 0) is 30.0 Å². The number of anilines is 1. The second kappa shape index (κ2) is 5.73. The van der Waals surface area contributed by atoms with Gasteiger partial charge in [0.2, 0.25) is 0 Å². The third-order valence-corrected chi connectivity index (χ3v) is 2.58. The summed E-state index contributed by atoms with van der Waals surface area (Å²) in [6.45, 7) is 7.64. The van der Waals surface area contributed by atoms with E-state index in [1.165, 1.54) is 19.1 Å². The molecule has 0 spiro atoms. The minimum atomic E-state index is -4.43. The van der Waals surface area contributed by atoms with Crippen LogP contribution in [0, 0.1) is 12.3 Å². The Morgan fingerprint density at radius 2 is 1.80 bits per heavy atom. The van der Waals surface area contributed by atoms with Crippen LogP contribution in [-0.4, -0.2) is 12.6 Å². The monoisotopic (exact) mass is 288 g/mol. The van der Waals surface area contributed by atoms with Crippen molar-refractivity contribution in [2.75, 3.05) is 11.9 Å². The SMILES string of the molecule is Cc1ccc(NC(=O)NCC(C)(C)C)cc1C(F)(F)F. The van der Waals surface area contributed by atoms with Crippen LogP contribution in [-0.2, 0) is 6.18 Å². The molecule has 1 rings (SSSR count). The highest BCUT2D eigenvalue weighted by atomic mass is 19.4. The first-order chi connectivity index (χ1) is 8.99. The number of carbonyl (C=O) groups is 1. The quantitative estimate of drug-likeness (QED) is 0.842. The number of rotatable bonds is 2. The molecule has 0 aliphatic heterocycles. The highest BCUT2D eigenvalue weighted by Crippen LogP contribution is 2.33. The maximum atomic E-state index is 12.7. The second-order valence-electron chi connectivity index (χ2n) is 5.90. The van der Waals surface area contributed by atoms with E-state index in [1.807, 2.05) is 20.8 Å². The standard InChI is InChI=1S/C14H19F3N2O/c1-9-5-6-10(7-11(9)14(15,16)17)19-12(20)18-8-13(2,3)4/h5-7H,8H2,1-4H3,(H2,18,19,20). The number of aryl methyl sites for hydroxylation is 1. The van der Waals surface area contributed by atoms with Crippen LogP contribution in [0.1, 0.15) is 31.9 Å². The van der Waals surface area contributed by atoms with Crippen molar-refractivity contribution in [3.05, 3.63) is 29.3 Å². The molecule has 2 N–H and O–H groups in total. The van der Waals surface area contributed by atoms with Gasteiger partial charge in [0.25, 0.3) is 0 Å². The van der Waals surface area contributed by atoms with Crippen LogP contribution < -0.4 is 10.6 Å². The van der Waals surface area contributed by atoms with Gasteiger partial charge in [-0.1, -0.05) is 26.8 Å². The summed E-state index contributed by atoms with van der Waals surface area (Å²) in [6, 6.07) is 3.20. The normalized spacial score (nSPS) is 12.2. The fourth-order valence-electron chi connectivity index (χ4n) is 1.53. The van der Waals surface area contributed by atoms with Crippen molar-refractivity contribution in [1.82, 2.24) is 5.32 Å². The summed E-state index contributed by atoms with van der Waals surface area (Å²) < 4.78 is 38.2. The number of hydrogen-bond donors (Lipinski definition) is 2. The molecule has 0 atom stereocenters. The molecule has 0 aromatic heterocycles. The molecule has 3 nitrogen and oxygen atoms in total. The van der Waals surface area contributed by atoms with E-state index in [0.29, 0.717) is 6.54 Å². The summed E-state index contributed by atoms with van der Waals surface area (Å²) in [5.74, 6) is 0. The molecule has 0 fully saturated rings. The Labute approximate surface area is 116 Å². The molecule has 0 unspecified atom stereocenters. The molecule has 0 saturated carbocycles. The van der Waals surface area contributed by atoms with Crippen molar-refractivity contribution in [1.29, 1.82) is 0 Å². The van der Waals surface area contributed by atoms with Crippen LogP contribution >= 0.6 is 0 Å². The molecule has 0 aliphatic rings. The molecular weight excluding hydrogens is 269 g/mol. The zero-order valence-corrected chi connectivity index (χ0v) is 12.0. The van der Waals surface area contributed by atoms with Gasteiger partial charge in [-0.15, -0.1) is 0 Å². The van der Waals surface area contributed by atoms with E-state index in [2.05, 4.69) is 10.6 Å². The smallest absolute Gasteiger partial charge is 0.337 e. The topological polar surface area (TPSA) is 41.1 Å². The predicted octanol–water partition coefficient (Wildman–Crippen LogP) is 4.18. The molecule has 1 aromatic rings. The Balaban J connectivity index is 2.77. The van der Waals surface area contributed by atoms with Gasteiger partial charge in [0, 0.05) is 12.2 Å². The molecule has 0 bridgehead atoms. The first-order valence-electron chi connectivity index (χ1n) is 6.22. The van der Waals surface area contributed by atoms with Crippen molar-refractivity contribution in [2.24, 2.45) is 5.41 Å². The molecule has 20 heavy (non-hydrogen) atoms. The Bertz CT molecular complexity index is 490. The van der Waals surface area contributed by atoms with Gasteiger partial charge in [-0.3, -0.25) is 0 Å². The first-order valence-corrected chi connectivity index (χ1v) is 6.22. The van der Waals surface area contributed by atoms with Crippen LogP contribution in [0.15, 0.2) is 18.2 Å². The van der Waals surface area contributed by atoms with E-state index in [4.69, 9.17) is 0 Å². The number of nitrogens with one attached hydrogen (secondary N) is 2. The van der Waals surface area contributed by atoms with Gasteiger partial charge in [0.15, 0.2) is 0 Å². The average Bonchev–Trinajstić information content (AvgIpc) is 2.27. The molecule has 6 heteroatoms. The number of carbonyl (C=O) groups excluding carboxylic acids is 1. The summed E-state index contributed by atoms with van der Waals surface area (Å²) in [6.07, 6.45) is -4.43. The van der Waals surface area contributed by atoms with E-state index in [9.17, 15) is 18.0 Å². The lowest BCUT2D eigenvalue weighted by Crippen LogP contribution is -2.35. The van der Waals surface area contributed by atoms with Crippen molar-refractivity contribution < 1.29 is 18.0 Å². The summed E-state index contributed by atoms with van der Waals surface area (Å²) in [5, 5.41) is 5.02. The van der Waals surface area contributed by atoms with E-state index in [0.717, 1.165) is 6.07 Å².